The van der Waals surface area contributed by atoms with Gasteiger partial charge in [0.15, 0.2) is 23.0 Å². The van der Waals surface area contributed by atoms with Crippen molar-refractivity contribution in [1.82, 2.24) is 0 Å². The van der Waals surface area contributed by atoms with E-state index in [2.05, 4.69) is 0 Å². The number of aryl methyl sites for hydroxylation is 1. The van der Waals surface area contributed by atoms with Gasteiger partial charge in [0, 0.05) is 19.3 Å². The first-order chi connectivity index (χ1) is 17.3. The Morgan fingerprint density at radius 2 is 1.78 bits per heavy atom. The molecule has 0 bridgehead atoms. The molecule has 5 N–H and O–H groups in total. The van der Waals surface area contributed by atoms with E-state index >= 15 is 0 Å². The quantitative estimate of drug-likeness (QED) is 0.338. The van der Waals surface area contributed by atoms with E-state index in [0.717, 1.165) is 5.56 Å². The van der Waals surface area contributed by atoms with Gasteiger partial charge in [-0.1, -0.05) is 12.1 Å². The van der Waals surface area contributed by atoms with E-state index in [9.17, 15) is 20.4 Å². The van der Waals surface area contributed by atoms with Gasteiger partial charge in [0.05, 0.1) is 25.7 Å². The first kappa shape index (κ1) is 26.5. The van der Waals surface area contributed by atoms with Crippen LogP contribution in [0.15, 0.2) is 30.3 Å². The molecule has 10 nitrogen and oxygen atoms in total. The van der Waals surface area contributed by atoms with Crippen LogP contribution in [0, 0.1) is 0 Å². The number of hydrogen-bond donors (Lipinski definition) is 5. The molecule has 7 atom stereocenters. The smallest absolute Gasteiger partial charge is 0.229 e. The van der Waals surface area contributed by atoms with Crippen molar-refractivity contribution in [2.24, 2.45) is 0 Å². The van der Waals surface area contributed by atoms with Crippen molar-refractivity contribution in [2.45, 2.75) is 62.5 Å². The van der Waals surface area contributed by atoms with Crippen molar-refractivity contribution >= 4 is 0 Å². The highest BCUT2D eigenvalue weighted by molar-refractivity contribution is 5.55. The van der Waals surface area contributed by atoms with Gasteiger partial charge in [-0.25, -0.2) is 0 Å². The molecular formula is C26H34O10. The lowest BCUT2D eigenvalue weighted by molar-refractivity contribution is -0.273. The molecule has 0 unspecified atom stereocenters. The molecule has 0 aliphatic carbocycles. The average Bonchev–Trinajstić information content (AvgIpc) is 3.25. The maximum atomic E-state index is 10.6. The van der Waals surface area contributed by atoms with Crippen LogP contribution in [0.1, 0.15) is 42.1 Å². The second kappa shape index (κ2) is 11.2. The molecule has 36 heavy (non-hydrogen) atoms. The molecule has 2 aromatic carbocycles. The predicted molar refractivity (Wildman–Crippen MR) is 127 cm³/mol. The number of phenols is 1. The van der Waals surface area contributed by atoms with Crippen LogP contribution in [-0.4, -0.2) is 83.7 Å². The van der Waals surface area contributed by atoms with Gasteiger partial charge >= 0.3 is 0 Å². The number of aromatic hydroxyl groups is 1. The molecule has 1 saturated heterocycles. The molecule has 0 amide bonds. The van der Waals surface area contributed by atoms with Crippen LogP contribution in [0.5, 0.6) is 23.0 Å². The maximum Gasteiger partial charge on any atom is 0.229 e. The number of aliphatic hydroxyl groups excluding tert-OH is 4. The van der Waals surface area contributed by atoms with Gasteiger partial charge in [-0.3, -0.25) is 0 Å². The highest BCUT2D eigenvalue weighted by atomic mass is 16.7. The Morgan fingerprint density at radius 1 is 1.00 bits per heavy atom. The SMILES string of the molecule is COc1cc([C@@H]2Oc3c(O)cc(CCCO)cc3[C@H]2CO)ccc1O[C@@H]1O[C@@H](C)[C@H](O)[C@@H](OC)[C@H]1O. The Bertz CT molecular complexity index is 1040. The molecule has 0 spiro atoms. The van der Waals surface area contributed by atoms with Crippen LogP contribution in [0.4, 0.5) is 0 Å². The average molecular weight is 507 g/mol. The molecule has 0 saturated carbocycles. The highest BCUT2D eigenvalue weighted by Gasteiger charge is 2.45. The summed E-state index contributed by atoms with van der Waals surface area (Å²) in [7, 11) is 2.87. The molecule has 2 heterocycles. The van der Waals surface area contributed by atoms with Gasteiger partial charge < -0.3 is 49.2 Å². The predicted octanol–water partition coefficient (Wildman–Crippen LogP) is 1.40. The van der Waals surface area contributed by atoms with Gasteiger partial charge in [0.1, 0.15) is 24.4 Å². The third kappa shape index (κ3) is 4.97. The Hall–Kier alpha value is -2.60. The van der Waals surface area contributed by atoms with E-state index in [1.165, 1.54) is 14.2 Å². The normalized spacial score (nSPS) is 29.5. The third-order valence-corrected chi connectivity index (χ3v) is 6.80. The summed E-state index contributed by atoms with van der Waals surface area (Å²) in [6, 6.07) is 8.62. The minimum absolute atomic E-state index is 0.0132. The number of ether oxygens (including phenoxy) is 5. The monoisotopic (exact) mass is 506 g/mol. The molecular weight excluding hydrogens is 472 g/mol. The number of phenolic OH excluding ortho intramolecular Hbond substituents is 1. The van der Waals surface area contributed by atoms with E-state index < -0.39 is 42.7 Å². The standard InChI is InChI=1S/C26H34O10/c1-13-21(30)25(33-3)22(31)26(34-13)35-19-7-6-15(11-20(19)32-2)23-17(12-28)16-9-14(5-4-8-27)10-18(29)24(16)36-23/h6-7,9-11,13,17,21-23,25-31H,4-5,8,12H2,1-3H3/t13-,17+,21-,22+,23-,25+,26-/m0/s1. The Kier molecular flexibility index (Phi) is 8.23. The van der Waals surface area contributed by atoms with Crippen molar-refractivity contribution in [3.8, 4) is 23.0 Å². The van der Waals surface area contributed by atoms with Gasteiger partial charge in [-0.05, 0) is 49.1 Å². The number of benzene rings is 2. The first-order valence-corrected chi connectivity index (χ1v) is 12.0. The number of aliphatic hydroxyl groups is 4. The van der Waals surface area contributed by atoms with Crippen molar-refractivity contribution in [1.29, 1.82) is 0 Å². The van der Waals surface area contributed by atoms with Crippen molar-refractivity contribution in [3.05, 3.63) is 47.0 Å². The summed E-state index contributed by atoms with van der Waals surface area (Å²) in [5.74, 6) is 0.530. The van der Waals surface area contributed by atoms with E-state index in [-0.39, 0.29) is 19.0 Å². The van der Waals surface area contributed by atoms with E-state index in [0.29, 0.717) is 41.2 Å². The summed E-state index contributed by atoms with van der Waals surface area (Å²) in [6.45, 7) is 1.50. The van der Waals surface area contributed by atoms with Crippen LogP contribution in [0.25, 0.3) is 0 Å². The van der Waals surface area contributed by atoms with Crippen LogP contribution < -0.4 is 14.2 Å². The Labute approximate surface area is 209 Å². The number of hydrogen-bond acceptors (Lipinski definition) is 10. The number of rotatable bonds is 9. The van der Waals surface area contributed by atoms with Crippen molar-refractivity contribution in [3.63, 3.8) is 0 Å². The maximum absolute atomic E-state index is 10.6. The van der Waals surface area contributed by atoms with Gasteiger partial charge in [0.2, 0.25) is 6.29 Å². The van der Waals surface area contributed by atoms with Crippen LogP contribution >= 0.6 is 0 Å². The Balaban J connectivity index is 1.58. The second-order valence-corrected chi connectivity index (χ2v) is 9.11. The zero-order chi connectivity index (χ0) is 26.0. The number of methoxy groups -OCH3 is 2. The zero-order valence-electron chi connectivity index (χ0n) is 20.5. The van der Waals surface area contributed by atoms with Crippen molar-refractivity contribution < 1.29 is 49.2 Å². The van der Waals surface area contributed by atoms with Gasteiger partial charge in [0.25, 0.3) is 0 Å². The summed E-state index contributed by atoms with van der Waals surface area (Å²) < 4.78 is 28.4. The summed E-state index contributed by atoms with van der Waals surface area (Å²) >= 11 is 0. The molecule has 2 aromatic rings. The first-order valence-electron chi connectivity index (χ1n) is 12.0. The van der Waals surface area contributed by atoms with Crippen molar-refractivity contribution in [2.75, 3.05) is 27.4 Å². The Morgan fingerprint density at radius 3 is 2.44 bits per heavy atom. The number of fused-ring (bicyclic) bond motifs is 1. The fraction of sp³-hybridized carbons (Fsp3) is 0.538. The summed E-state index contributed by atoms with van der Waals surface area (Å²) in [5, 5.41) is 50.6. The van der Waals surface area contributed by atoms with E-state index in [1.807, 2.05) is 6.07 Å². The third-order valence-electron chi connectivity index (χ3n) is 6.80. The van der Waals surface area contributed by atoms with Crippen LogP contribution in [0.3, 0.4) is 0 Å². The lowest BCUT2D eigenvalue weighted by atomic mass is 9.90. The second-order valence-electron chi connectivity index (χ2n) is 9.11. The molecule has 2 aliphatic heterocycles. The largest absolute Gasteiger partial charge is 0.504 e. The summed E-state index contributed by atoms with van der Waals surface area (Å²) in [5.41, 5.74) is 2.24. The fourth-order valence-electron chi connectivity index (χ4n) is 4.85. The summed E-state index contributed by atoms with van der Waals surface area (Å²) in [6.07, 6.45) is -4.28. The molecule has 4 rings (SSSR count). The molecule has 0 radical (unpaired) electrons. The summed E-state index contributed by atoms with van der Waals surface area (Å²) in [4.78, 5) is 0. The molecule has 1 fully saturated rings. The van der Waals surface area contributed by atoms with E-state index in [4.69, 9.17) is 28.8 Å². The minimum Gasteiger partial charge on any atom is -0.504 e. The minimum atomic E-state index is -1.24. The zero-order valence-corrected chi connectivity index (χ0v) is 20.5. The lowest BCUT2D eigenvalue weighted by Gasteiger charge is -2.40. The fourth-order valence-corrected chi connectivity index (χ4v) is 4.85. The molecule has 2 aliphatic rings. The highest BCUT2D eigenvalue weighted by Crippen LogP contribution is 2.51. The molecule has 198 valence electrons. The van der Waals surface area contributed by atoms with Gasteiger partial charge in [-0.15, -0.1) is 0 Å². The van der Waals surface area contributed by atoms with Crippen LogP contribution in [0.2, 0.25) is 0 Å². The molecule has 0 aromatic heterocycles. The van der Waals surface area contributed by atoms with Gasteiger partial charge in [-0.2, -0.15) is 0 Å². The molecule has 10 heteroatoms. The van der Waals surface area contributed by atoms with Crippen LogP contribution in [-0.2, 0) is 15.9 Å². The lowest BCUT2D eigenvalue weighted by Crippen LogP contribution is -2.59. The topological polar surface area (TPSA) is 147 Å². The van der Waals surface area contributed by atoms with E-state index in [1.54, 1.807) is 31.2 Å².